The van der Waals surface area contributed by atoms with Gasteiger partial charge >= 0.3 is 0 Å². The van der Waals surface area contributed by atoms with E-state index >= 15 is 0 Å². The van der Waals surface area contributed by atoms with Gasteiger partial charge in [0, 0.05) is 13.5 Å². The maximum Gasteiger partial charge on any atom is 0.0681 e. The molecule has 1 aromatic carbocycles. The minimum absolute atomic E-state index is 0.644. The molecule has 2 aromatic rings. The minimum Gasteiger partial charge on any atom is -0.330 e. The summed E-state index contributed by atoms with van der Waals surface area (Å²) in [6, 6.07) is 12.4. The molecule has 3 nitrogen and oxygen atoms in total. The maximum absolute atomic E-state index is 5.51. The van der Waals surface area contributed by atoms with Crippen LogP contribution in [0.15, 0.2) is 36.4 Å². The van der Waals surface area contributed by atoms with E-state index in [9.17, 15) is 0 Å². The van der Waals surface area contributed by atoms with Gasteiger partial charge in [0.15, 0.2) is 0 Å². The number of benzene rings is 1. The van der Waals surface area contributed by atoms with Crippen LogP contribution in [-0.2, 0) is 13.5 Å². The van der Waals surface area contributed by atoms with Crippen LogP contribution in [0.4, 0.5) is 0 Å². The van der Waals surface area contributed by atoms with Crippen molar-refractivity contribution in [2.45, 2.75) is 6.42 Å². The van der Waals surface area contributed by atoms with Crippen LogP contribution in [0, 0.1) is 0 Å². The molecule has 0 aliphatic carbocycles. The fraction of sp³-hybridized carbons (Fsp3) is 0.250. The van der Waals surface area contributed by atoms with Crippen LogP contribution in [-0.4, -0.2) is 16.3 Å². The maximum atomic E-state index is 5.51. The summed E-state index contributed by atoms with van der Waals surface area (Å²) in [7, 11) is 1.96. The Morgan fingerprint density at radius 3 is 2.67 bits per heavy atom. The number of nitrogens with two attached hydrogens (primary N) is 1. The van der Waals surface area contributed by atoms with Gasteiger partial charge in [-0.1, -0.05) is 30.3 Å². The second-order valence-electron chi connectivity index (χ2n) is 3.55. The zero-order chi connectivity index (χ0) is 10.7. The van der Waals surface area contributed by atoms with E-state index in [0.29, 0.717) is 6.54 Å². The molecule has 0 unspecified atom stereocenters. The number of aromatic nitrogens is 2. The second-order valence-corrected chi connectivity index (χ2v) is 3.55. The molecule has 2 rings (SSSR count). The van der Waals surface area contributed by atoms with Crippen molar-refractivity contribution in [2.24, 2.45) is 12.8 Å². The lowest BCUT2D eigenvalue weighted by Gasteiger charge is -1.99. The summed E-state index contributed by atoms with van der Waals surface area (Å²) >= 11 is 0. The molecular weight excluding hydrogens is 186 g/mol. The molecule has 0 saturated heterocycles. The van der Waals surface area contributed by atoms with Gasteiger partial charge in [0.1, 0.15) is 0 Å². The van der Waals surface area contributed by atoms with Crippen LogP contribution in [0.25, 0.3) is 11.3 Å². The summed E-state index contributed by atoms with van der Waals surface area (Å²) in [6.07, 6.45) is 0.834. The normalized spacial score (nSPS) is 10.5. The van der Waals surface area contributed by atoms with Crippen LogP contribution >= 0.6 is 0 Å². The highest BCUT2D eigenvalue weighted by Crippen LogP contribution is 2.19. The van der Waals surface area contributed by atoms with Crippen molar-refractivity contribution >= 4 is 0 Å². The average molecular weight is 201 g/mol. The van der Waals surface area contributed by atoms with Crippen molar-refractivity contribution in [1.82, 2.24) is 9.78 Å². The summed E-state index contributed by atoms with van der Waals surface area (Å²) in [5.74, 6) is 0. The first-order valence-corrected chi connectivity index (χ1v) is 5.09. The summed E-state index contributed by atoms with van der Waals surface area (Å²) in [6.45, 7) is 0.644. The largest absolute Gasteiger partial charge is 0.330 e. The predicted molar refractivity (Wildman–Crippen MR) is 61.4 cm³/mol. The van der Waals surface area contributed by atoms with Gasteiger partial charge in [0.05, 0.1) is 11.4 Å². The van der Waals surface area contributed by atoms with Gasteiger partial charge in [-0.25, -0.2) is 0 Å². The molecule has 0 radical (unpaired) electrons. The van der Waals surface area contributed by atoms with E-state index in [2.05, 4.69) is 23.3 Å². The molecule has 15 heavy (non-hydrogen) atoms. The zero-order valence-electron chi connectivity index (χ0n) is 8.85. The van der Waals surface area contributed by atoms with Crippen LogP contribution < -0.4 is 5.73 Å². The van der Waals surface area contributed by atoms with Crippen molar-refractivity contribution in [3.05, 3.63) is 42.1 Å². The monoisotopic (exact) mass is 201 g/mol. The smallest absolute Gasteiger partial charge is 0.0681 e. The van der Waals surface area contributed by atoms with Crippen molar-refractivity contribution in [1.29, 1.82) is 0 Å². The van der Waals surface area contributed by atoms with Crippen molar-refractivity contribution in [3.63, 3.8) is 0 Å². The van der Waals surface area contributed by atoms with Crippen LogP contribution in [0.5, 0.6) is 0 Å². The molecule has 0 spiro atoms. The third-order valence-corrected chi connectivity index (χ3v) is 2.40. The number of hydrogen-bond acceptors (Lipinski definition) is 2. The van der Waals surface area contributed by atoms with E-state index < -0.39 is 0 Å². The van der Waals surface area contributed by atoms with Crippen molar-refractivity contribution in [3.8, 4) is 11.3 Å². The molecule has 0 aliphatic heterocycles. The minimum atomic E-state index is 0.644. The SMILES string of the molecule is Cn1nc(CCN)cc1-c1ccccc1. The molecule has 0 amide bonds. The van der Waals surface area contributed by atoms with Gasteiger partial charge in [0.25, 0.3) is 0 Å². The molecule has 0 fully saturated rings. The Morgan fingerprint density at radius 1 is 1.27 bits per heavy atom. The Kier molecular flexibility index (Phi) is 2.83. The third-order valence-electron chi connectivity index (χ3n) is 2.40. The summed E-state index contributed by atoms with van der Waals surface area (Å²) in [5.41, 5.74) is 8.89. The lowest BCUT2D eigenvalue weighted by Crippen LogP contribution is -2.03. The molecule has 3 heteroatoms. The standard InChI is InChI=1S/C12H15N3/c1-15-12(9-11(14-15)7-8-13)10-5-3-2-4-6-10/h2-6,9H,7-8,13H2,1H3. The Labute approximate surface area is 89.5 Å². The average Bonchev–Trinajstić information content (AvgIpc) is 2.61. The van der Waals surface area contributed by atoms with Crippen molar-refractivity contribution < 1.29 is 0 Å². The number of hydrogen-bond donors (Lipinski definition) is 1. The van der Waals surface area contributed by atoms with Crippen LogP contribution in [0.3, 0.4) is 0 Å². The van der Waals surface area contributed by atoms with Crippen LogP contribution in [0.2, 0.25) is 0 Å². The topological polar surface area (TPSA) is 43.8 Å². The molecule has 0 bridgehead atoms. The van der Waals surface area contributed by atoms with Gasteiger partial charge in [-0.3, -0.25) is 4.68 Å². The number of nitrogens with zero attached hydrogens (tertiary/aromatic N) is 2. The molecular formula is C12H15N3. The van der Waals surface area contributed by atoms with Gasteiger partial charge in [0.2, 0.25) is 0 Å². The first kappa shape index (κ1) is 9.93. The highest BCUT2D eigenvalue weighted by atomic mass is 15.3. The number of rotatable bonds is 3. The summed E-state index contributed by atoms with van der Waals surface area (Å²) in [5, 5.41) is 4.41. The highest BCUT2D eigenvalue weighted by Gasteiger charge is 2.05. The quantitative estimate of drug-likeness (QED) is 0.819. The molecule has 1 heterocycles. The third kappa shape index (κ3) is 2.07. The van der Waals surface area contributed by atoms with E-state index in [-0.39, 0.29) is 0 Å². The lowest BCUT2D eigenvalue weighted by molar-refractivity contribution is 0.745. The van der Waals surface area contributed by atoms with E-state index in [1.54, 1.807) is 0 Å². The van der Waals surface area contributed by atoms with Crippen molar-refractivity contribution in [2.75, 3.05) is 6.54 Å². The van der Waals surface area contributed by atoms with Gasteiger partial charge in [-0.15, -0.1) is 0 Å². The zero-order valence-corrected chi connectivity index (χ0v) is 8.85. The Morgan fingerprint density at radius 2 is 2.00 bits per heavy atom. The predicted octanol–water partition coefficient (Wildman–Crippen LogP) is 1.59. The van der Waals surface area contributed by atoms with Crippen LogP contribution in [0.1, 0.15) is 5.69 Å². The molecule has 2 N–H and O–H groups in total. The highest BCUT2D eigenvalue weighted by molar-refractivity contribution is 5.59. The van der Waals surface area contributed by atoms with E-state index in [1.807, 2.05) is 29.9 Å². The van der Waals surface area contributed by atoms with Gasteiger partial charge in [-0.05, 0) is 18.2 Å². The molecule has 78 valence electrons. The van der Waals surface area contributed by atoms with E-state index in [1.165, 1.54) is 5.56 Å². The molecule has 0 atom stereocenters. The molecule has 0 aliphatic rings. The number of aryl methyl sites for hydroxylation is 1. The second kappa shape index (κ2) is 4.28. The summed E-state index contributed by atoms with van der Waals surface area (Å²) < 4.78 is 1.90. The van der Waals surface area contributed by atoms with E-state index in [4.69, 9.17) is 5.73 Å². The molecule has 1 aromatic heterocycles. The first-order valence-electron chi connectivity index (χ1n) is 5.09. The van der Waals surface area contributed by atoms with Gasteiger partial charge < -0.3 is 5.73 Å². The lowest BCUT2D eigenvalue weighted by atomic mass is 10.1. The van der Waals surface area contributed by atoms with Gasteiger partial charge in [-0.2, -0.15) is 5.10 Å². The van der Waals surface area contributed by atoms with E-state index in [0.717, 1.165) is 17.8 Å². The fourth-order valence-electron chi connectivity index (χ4n) is 1.68. The molecule has 0 saturated carbocycles. The Hall–Kier alpha value is -1.61. The Bertz CT molecular complexity index is 431. The fourth-order valence-corrected chi connectivity index (χ4v) is 1.68. The Balaban J connectivity index is 2.36. The first-order chi connectivity index (χ1) is 7.31. The summed E-state index contributed by atoms with van der Waals surface area (Å²) in [4.78, 5) is 0.